The minimum Gasteiger partial charge on any atom is -0.380 e. The Labute approximate surface area is 106 Å². The minimum absolute atomic E-state index is 0.150. The van der Waals surface area contributed by atoms with Gasteiger partial charge in [-0.2, -0.15) is 16.7 Å². The van der Waals surface area contributed by atoms with Crippen LogP contribution in [0.25, 0.3) is 0 Å². The van der Waals surface area contributed by atoms with Crippen LogP contribution < -0.4 is 5.32 Å². The van der Waals surface area contributed by atoms with Crippen molar-refractivity contribution >= 4 is 11.8 Å². The number of thioether (sulfide) groups is 1. The predicted molar refractivity (Wildman–Crippen MR) is 66.9 cm³/mol. The quantitative estimate of drug-likeness (QED) is 0.784. The van der Waals surface area contributed by atoms with E-state index in [1.54, 1.807) is 7.11 Å². The molecule has 17 heavy (non-hydrogen) atoms. The molecule has 2 heterocycles. The van der Waals surface area contributed by atoms with E-state index >= 15 is 0 Å². The van der Waals surface area contributed by atoms with Crippen LogP contribution >= 0.6 is 11.8 Å². The summed E-state index contributed by atoms with van der Waals surface area (Å²) in [4.78, 5) is 4.42. The highest BCUT2D eigenvalue weighted by molar-refractivity contribution is 7.98. The smallest absolute Gasteiger partial charge is 0.243 e. The van der Waals surface area contributed by atoms with Gasteiger partial charge in [0.1, 0.15) is 0 Å². The first kappa shape index (κ1) is 12.9. The number of aromatic nitrogens is 2. The molecule has 0 radical (unpaired) electrons. The third kappa shape index (κ3) is 3.43. The molecule has 1 aromatic heterocycles. The molecule has 0 bridgehead atoms. The molecule has 1 N–H and O–H groups in total. The van der Waals surface area contributed by atoms with Crippen molar-refractivity contribution in [3.63, 3.8) is 0 Å². The molecule has 1 saturated heterocycles. The Kier molecular flexibility index (Phi) is 4.82. The normalized spacial score (nSPS) is 24.4. The van der Waals surface area contributed by atoms with Crippen LogP contribution in [0.2, 0.25) is 0 Å². The fourth-order valence-corrected chi connectivity index (χ4v) is 2.58. The first-order chi connectivity index (χ1) is 8.33. The molecule has 1 fully saturated rings. The summed E-state index contributed by atoms with van der Waals surface area (Å²) in [6.45, 7) is 3.02. The number of hydrogen-bond donors (Lipinski definition) is 1. The summed E-state index contributed by atoms with van der Waals surface area (Å²) in [5.74, 6) is 3.45. The van der Waals surface area contributed by atoms with E-state index in [1.165, 1.54) is 6.42 Å². The average molecular weight is 257 g/mol. The summed E-state index contributed by atoms with van der Waals surface area (Å²) in [5.41, 5.74) is 0. The zero-order chi connectivity index (χ0) is 12.1. The summed E-state index contributed by atoms with van der Waals surface area (Å²) in [5, 5.41) is 7.32. The third-order valence-electron chi connectivity index (χ3n) is 2.79. The van der Waals surface area contributed by atoms with Gasteiger partial charge in [0.2, 0.25) is 5.89 Å². The molecule has 0 amide bonds. The van der Waals surface area contributed by atoms with Crippen LogP contribution in [-0.2, 0) is 10.5 Å². The molecule has 1 aromatic rings. The zero-order valence-corrected chi connectivity index (χ0v) is 11.1. The van der Waals surface area contributed by atoms with Gasteiger partial charge in [-0.1, -0.05) is 12.1 Å². The van der Waals surface area contributed by atoms with E-state index in [0.29, 0.717) is 5.89 Å². The molecular formula is C11H19N3O2S. The molecule has 6 heteroatoms. The topological polar surface area (TPSA) is 60.2 Å². The Morgan fingerprint density at radius 1 is 1.59 bits per heavy atom. The van der Waals surface area contributed by atoms with Crippen LogP contribution in [0.15, 0.2) is 4.52 Å². The number of rotatable bonds is 6. The van der Waals surface area contributed by atoms with Crippen LogP contribution in [0.4, 0.5) is 0 Å². The van der Waals surface area contributed by atoms with Gasteiger partial charge in [-0.25, -0.2) is 0 Å². The lowest BCUT2D eigenvalue weighted by molar-refractivity contribution is 0.116. The Hall–Kier alpha value is -0.590. The molecule has 0 unspecified atom stereocenters. The molecule has 5 nitrogen and oxygen atoms in total. The minimum atomic E-state index is 0.150. The molecule has 0 spiro atoms. The van der Waals surface area contributed by atoms with Gasteiger partial charge in [0.05, 0.1) is 17.9 Å². The maximum Gasteiger partial charge on any atom is 0.243 e. The summed E-state index contributed by atoms with van der Waals surface area (Å²) in [6.07, 6.45) is 2.33. The third-order valence-corrected chi connectivity index (χ3v) is 3.94. The van der Waals surface area contributed by atoms with E-state index in [1.807, 2.05) is 11.8 Å². The zero-order valence-electron chi connectivity index (χ0n) is 10.3. The van der Waals surface area contributed by atoms with Crippen LogP contribution in [0.1, 0.15) is 37.5 Å². The van der Waals surface area contributed by atoms with Gasteiger partial charge < -0.3 is 14.6 Å². The Morgan fingerprint density at radius 3 is 3.18 bits per heavy atom. The Bertz CT molecular complexity index is 345. The van der Waals surface area contributed by atoms with E-state index in [4.69, 9.17) is 9.26 Å². The second-order valence-corrected chi connectivity index (χ2v) is 5.26. The van der Waals surface area contributed by atoms with Crippen molar-refractivity contribution in [2.45, 2.75) is 37.7 Å². The van der Waals surface area contributed by atoms with Crippen molar-refractivity contribution in [2.75, 3.05) is 19.4 Å². The molecule has 2 atom stereocenters. The highest BCUT2D eigenvalue weighted by Gasteiger charge is 2.29. The average Bonchev–Trinajstić information content (AvgIpc) is 2.97. The summed E-state index contributed by atoms with van der Waals surface area (Å²) >= 11 is 1.84. The van der Waals surface area contributed by atoms with Gasteiger partial charge in [-0.15, -0.1) is 0 Å². The summed E-state index contributed by atoms with van der Waals surface area (Å²) < 4.78 is 10.6. The molecule has 1 aliphatic heterocycles. The first-order valence-electron chi connectivity index (χ1n) is 6.00. The van der Waals surface area contributed by atoms with E-state index in [9.17, 15) is 0 Å². The Morgan fingerprint density at radius 2 is 2.47 bits per heavy atom. The van der Waals surface area contributed by atoms with Crippen molar-refractivity contribution in [2.24, 2.45) is 0 Å². The van der Waals surface area contributed by atoms with Gasteiger partial charge in [0.15, 0.2) is 5.82 Å². The molecule has 0 saturated carbocycles. The predicted octanol–water partition coefficient (Wildman–Crippen LogP) is 1.76. The van der Waals surface area contributed by atoms with Crippen LogP contribution in [0.5, 0.6) is 0 Å². The molecular weight excluding hydrogens is 238 g/mol. The highest BCUT2D eigenvalue weighted by Crippen LogP contribution is 2.23. The number of nitrogens with one attached hydrogen (secondary N) is 1. The lowest BCUT2D eigenvalue weighted by atomic mass is 10.2. The van der Waals surface area contributed by atoms with Gasteiger partial charge >= 0.3 is 0 Å². The van der Waals surface area contributed by atoms with E-state index in [0.717, 1.165) is 30.3 Å². The summed E-state index contributed by atoms with van der Waals surface area (Å²) in [7, 11) is 1.73. The number of hydrogen-bond acceptors (Lipinski definition) is 6. The number of ether oxygens (including phenoxy) is 1. The Balaban J connectivity index is 1.85. The van der Waals surface area contributed by atoms with Gasteiger partial charge in [-0.05, 0) is 18.6 Å². The van der Waals surface area contributed by atoms with E-state index in [-0.39, 0.29) is 12.1 Å². The van der Waals surface area contributed by atoms with E-state index in [2.05, 4.69) is 22.4 Å². The van der Waals surface area contributed by atoms with Crippen LogP contribution in [0.3, 0.4) is 0 Å². The second-order valence-electron chi connectivity index (χ2n) is 4.16. The monoisotopic (exact) mass is 257 g/mol. The lowest BCUT2D eigenvalue weighted by Gasteiger charge is -2.04. The van der Waals surface area contributed by atoms with Gasteiger partial charge in [-0.3, -0.25) is 0 Å². The maximum absolute atomic E-state index is 5.29. The molecule has 1 aliphatic rings. The number of methoxy groups -OCH3 is 1. The lowest BCUT2D eigenvalue weighted by Crippen LogP contribution is -2.16. The SMILES string of the molecule is CCCSCc1noc([C@H]2C[C@H](OC)CN2)n1. The van der Waals surface area contributed by atoms with Crippen LogP contribution in [-0.4, -0.2) is 35.7 Å². The van der Waals surface area contributed by atoms with Crippen molar-refractivity contribution in [1.82, 2.24) is 15.5 Å². The van der Waals surface area contributed by atoms with Crippen molar-refractivity contribution in [3.8, 4) is 0 Å². The molecule has 0 aromatic carbocycles. The largest absolute Gasteiger partial charge is 0.380 e. The maximum atomic E-state index is 5.29. The molecule has 0 aliphatic carbocycles. The van der Waals surface area contributed by atoms with Gasteiger partial charge in [0.25, 0.3) is 0 Å². The van der Waals surface area contributed by atoms with Crippen molar-refractivity contribution < 1.29 is 9.26 Å². The first-order valence-corrected chi connectivity index (χ1v) is 7.15. The van der Waals surface area contributed by atoms with Crippen molar-refractivity contribution in [1.29, 1.82) is 0 Å². The fourth-order valence-electron chi connectivity index (χ4n) is 1.85. The number of nitrogens with zero attached hydrogens (tertiary/aromatic N) is 2. The fraction of sp³-hybridized carbons (Fsp3) is 0.818. The van der Waals surface area contributed by atoms with Crippen LogP contribution in [0, 0.1) is 0 Å². The van der Waals surface area contributed by atoms with E-state index < -0.39 is 0 Å². The summed E-state index contributed by atoms with van der Waals surface area (Å²) in [6, 6.07) is 0.150. The second kappa shape index (κ2) is 6.37. The highest BCUT2D eigenvalue weighted by atomic mass is 32.2. The standard InChI is InChI=1S/C11H19N3O2S/c1-3-4-17-7-10-13-11(16-14-10)9-5-8(15-2)6-12-9/h8-9,12H,3-7H2,1-2H3/t8-,9+/m0/s1. The van der Waals surface area contributed by atoms with Gasteiger partial charge in [0, 0.05) is 13.7 Å². The van der Waals surface area contributed by atoms with Crippen molar-refractivity contribution in [3.05, 3.63) is 11.7 Å². The molecule has 96 valence electrons. The molecule has 2 rings (SSSR count).